The summed E-state index contributed by atoms with van der Waals surface area (Å²) in [7, 11) is 2.10. The van der Waals surface area contributed by atoms with Gasteiger partial charge in [-0.15, -0.1) is 0 Å². The monoisotopic (exact) mass is 342 g/mol. The first-order chi connectivity index (χ1) is 12.1. The van der Waals surface area contributed by atoms with Crippen molar-refractivity contribution in [2.24, 2.45) is 11.7 Å². The Bertz CT molecular complexity index is 707. The number of primary amides is 1. The Morgan fingerprint density at radius 1 is 1.40 bits per heavy atom. The first kappa shape index (κ1) is 17.5. The quantitative estimate of drug-likeness (QED) is 0.843. The van der Waals surface area contributed by atoms with E-state index in [-0.39, 0.29) is 11.9 Å². The Morgan fingerprint density at radius 3 is 2.80 bits per heavy atom. The van der Waals surface area contributed by atoms with E-state index in [1.165, 1.54) is 17.7 Å². The highest BCUT2D eigenvalue weighted by molar-refractivity contribution is 5.81. The van der Waals surface area contributed by atoms with Crippen LogP contribution in [-0.2, 0) is 4.79 Å². The summed E-state index contributed by atoms with van der Waals surface area (Å²) in [5, 5.41) is 3.27. The van der Waals surface area contributed by atoms with Crippen LogP contribution < -0.4 is 11.1 Å². The first-order valence-corrected chi connectivity index (χ1v) is 8.44. The first-order valence-electron chi connectivity index (χ1n) is 8.44. The molecule has 2 aromatic rings. The number of benzene rings is 1. The summed E-state index contributed by atoms with van der Waals surface area (Å²) in [4.78, 5) is 18.4. The summed E-state index contributed by atoms with van der Waals surface area (Å²) >= 11 is 0. The highest BCUT2D eigenvalue weighted by atomic mass is 19.1. The van der Waals surface area contributed by atoms with Crippen LogP contribution in [0.2, 0.25) is 0 Å². The van der Waals surface area contributed by atoms with E-state index in [1.807, 2.05) is 12.3 Å². The fourth-order valence-electron chi connectivity index (χ4n) is 3.62. The number of hydrogen-bond donors (Lipinski definition) is 2. The van der Waals surface area contributed by atoms with Crippen molar-refractivity contribution in [1.82, 2.24) is 15.2 Å². The molecule has 1 fully saturated rings. The lowest BCUT2D eigenvalue weighted by Gasteiger charge is -2.27. The number of nitrogens with two attached hydrogens (primary N) is 1. The summed E-state index contributed by atoms with van der Waals surface area (Å²) in [5.41, 5.74) is 7.40. The molecule has 2 heterocycles. The van der Waals surface area contributed by atoms with Crippen molar-refractivity contribution in [3.05, 3.63) is 65.7 Å². The van der Waals surface area contributed by atoms with Gasteiger partial charge in [-0.25, -0.2) is 4.39 Å². The van der Waals surface area contributed by atoms with Crippen LogP contribution in [-0.4, -0.2) is 35.9 Å². The standard InChI is InChI=1S/C19H23FN4O/c1-24-10-8-15(18(24)14-3-2-9-22-11-14)12-23-17(19(21)25)13-4-6-16(20)7-5-13/h2-7,9,11,15,17-18,23H,8,10,12H2,1H3,(H2,21,25)/t15-,17-,18-/m0/s1. The number of nitrogens with one attached hydrogen (secondary N) is 1. The minimum absolute atomic E-state index is 0.253. The molecule has 25 heavy (non-hydrogen) atoms. The Morgan fingerprint density at radius 2 is 2.16 bits per heavy atom. The van der Waals surface area contributed by atoms with Crippen LogP contribution in [0.1, 0.15) is 29.6 Å². The lowest BCUT2D eigenvalue weighted by atomic mass is 9.94. The van der Waals surface area contributed by atoms with Crippen molar-refractivity contribution in [2.75, 3.05) is 20.1 Å². The summed E-state index contributed by atoms with van der Waals surface area (Å²) in [6, 6.07) is 9.52. The van der Waals surface area contributed by atoms with Crippen LogP contribution in [0.4, 0.5) is 4.39 Å². The molecule has 0 radical (unpaired) electrons. The maximum absolute atomic E-state index is 13.1. The number of amides is 1. The fourth-order valence-corrected chi connectivity index (χ4v) is 3.62. The third-order valence-corrected chi connectivity index (χ3v) is 4.87. The molecule has 1 amide bonds. The van der Waals surface area contributed by atoms with Crippen molar-refractivity contribution in [3.8, 4) is 0 Å². The van der Waals surface area contributed by atoms with Gasteiger partial charge < -0.3 is 11.1 Å². The summed E-state index contributed by atoms with van der Waals surface area (Å²) < 4.78 is 13.1. The zero-order chi connectivity index (χ0) is 17.8. The van der Waals surface area contributed by atoms with Gasteiger partial charge in [0.05, 0.1) is 0 Å². The average molecular weight is 342 g/mol. The van der Waals surface area contributed by atoms with E-state index < -0.39 is 11.9 Å². The number of likely N-dealkylation sites (tertiary alicyclic amines) is 1. The van der Waals surface area contributed by atoms with Gasteiger partial charge in [0.1, 0.15) is 11.9 Å². The lowest BCUT2D eigenvalue weighted by Crippen LogP contribution is -2.37. The van der Waals surface area contributed by atoms with E-state index in [4.69, 9.17) is 5.73 Å². The molecule has 1 aliphatic heterocycles. The number of halogens is 1. The minimum Gasteiger partial charge on any atom is -0.368 e. The number of hydrogen-bond acceptors (Lipinski definition) is 4. The molecule has 3 rings (SSSR count). The molecule has 0 aliphatic carbocycles. The van der Waals surface area contributed by atoms with E-state index in [9.17, 15) is 9.18 Å². The number of aromatic nitrogens is 1. The van der Waals surface area contributed by atoms with E-state index in [0.29, 0.717) is 18.0 Å². The van der Waals surface area contributed by atoms with Crippen LogP contribution in [0, 0.1) is 11.7 Å². The van der Waals surface area contributed by atoms with Gasteiger partial charge in [-0.1, -0.05) is 18.2 Å². The molecule has 6 heteroatoms. The second-order valence-corrected chi connectivity index (χ2v) is 6.56. The molecule has 0 bridgehead atoms. The average Bonchev–Trinajstić information content (AvgIpc) is 2.98. The van der Waals surface area contributed by atoms with E-state index >= 15 is 0 Å². The molecule has 3 atom stereocenters. The second kappa shape index (κ2) is 7.72. The van der Waals surface area contributed by atoms with E-state index in [2.05, 4.69) is 28.3 Å². The van der Waals surface area contributed by atoms with Crippen molar-refractivity contribution in [3.63, 3.8) is 0 Å². The van der Waals surface area contributed by atoms with E-state index in [0.717, 1.165) is 13.0 Å². The van der Waals surface area contributed by atoms with Crippen molar-refractivity contribution < 1.29 is 9.18 Å². The molecule has 1 aromatic heterocycles. The maximum atomic E-state index is 13.1. The van der Waals surface area contributed by atoms with Crippen LogP contribution in [0.15, 0.2) is 48.8 Å². The molecule has 1 aromatic carbocycles. The molecule has 3 N–H and O–H groups in total. The number of carbonyl (C=O) groups excluding carboxylic acids is 1. The van der Waals surface area contributed by atoms with E-state index in [1.54, 1.807) is 18.3 Å². The second-order valence-electron chi connectivity index (χ2n) is 6.56. The topological polar surface area (TPSA) is 71.2 Å². The van der Waals surface area contributed by atoms with Gasteiger partial charge in [0.2, 0.25) is 5.91 Å². The van der Waals surface area contributed by atoms with Crippen LogP contribution >= 0.6 is 0 Å². The van der Waals surface area contributed by atoms with Gasteiger partial charge in [-0.2, -0.15) is 0 Å². The minimum atomic E-state index is -0.624. The molecule has 1 saturated heterocycles. The Balaban J connectivity index is 1.72. The maximum Gasteiger partial charge on any atom is 0.239 e. The Labute approximate surface area is 147 Å². The lowest BCUT2D eigenvalue weighted by molar-refractivity contribution is -0.120. The van der Waals surface area contributed by atoms with Crippen molar-refractivity contribution in [2.45, 2.75) is 18.5 Å². The molecule has 5 nitrogen and oxygen atoms in total. The highest BCUT2D eigenvalue weighted by Gasteiger charge is 2.33. The van der Waals surface area contributed by atoms with Crippen LogP contribution in [0.5, 0.6) is 0 Å². The summed E-state index contributed by atoms with van der Waals surface area (Å²) in [6.45, 7) is 1.64. The number of carbonyl (C=O) groups is 1. The van der Waals surface area contributed by atoms with Gasteiger partial charge >= 0.3 is 0 Å². The largest absolute Gasteiger partial charge is 0.368 e. The molecule has 0 spiro atoms. The smallest absolute Gasteiger partial charge is 0.239 e. The zero-order valence-electron chi connectivity index (χ0n) is 14.2. The number of rotatable bonds is 6. The number of nitrogens with zero attached hydrogens (tertiary/aromatic N) is 2. The molecule has 132 valence electrons. The predicted octanol–water partition coefficient (Wildman–Crippen LogP) is 2.03. The highest BCUT2D eigenvalue weighted by Crippen LogP contribution is 2.35. The summed E-state index contributed by atoms with van der Waals surface area (Å²) in [5.74, 6) is -0.451. The molecule has 0 unspecified atom stereocenters. The van der Waals surface area contributed by atoms with Crippen molar-refractivity contribution in [1.29, 1.82) is 0 Å². The van der Waals surface area contributed by atoms with Gasteiger partial charge in [0, 0.05) is 25.0 Å². The van der Waals surface area contributed by atoms with Gasteiger partial charge in [0.15, 0.2) is 0 Å². The fraction of sp³-hybridized carbons (Fsp3) is 0.368. The summed E-state index contributed by atoms with van der Waals surface area (Å²) in [6.07, 6.45) is 4.69. The molecule has 1 aliphatic rings. The van der Waals surface area contributed by atoms with Crippen molar-refractivity contribution >= 4 is 5.91 Å². The Kier molecular flexibility index (Phi) is 5.40. The van der Waals surface area contributed by atoms with Gasteiger partial charge in [-0.3, -0.25) is 14.7 Å². The third kappa shape index (κ3) is 4.03. The molecular weight excluding hydrogens is 319 g/mol. The normalized spacial score (nSPS) is 22.0. The molecule has 0 saturated carbocycles. The SMILES string of the molecule is CN1CC[C@@H](CN[C@H](C(N)=O)c2ccc(F)cc2)[C@@H]1c1cccnc1. The zero-order valence-corrected chi connectivity index (χ0v) is 14.2. The molecular formula is C19H23FN4O. The number of pyridine rings is 1. The van der Waals surface area contributed by atoms with Crippen LogP contribution in [0.25, 0.3) is 0 Å². The Hall–Kier alpha value is -2.31. The third-order valence-electron chi connectivity index (χ3n) is 4.87. The predicted molar refractivity (Wildman–Crippen MR) is 94.1 cm³/mol. The van der Waals surface area contributed by atoms with Gasteiger partial charge in [-0.05, 0) is 55.3 Å². The van der Waals surface area contributed by atoms with Gasteiger partial charge in [0.25, 0.3) is 0 Å². The van der Waals surface area contributed by atoms with Crippen LogP contribution in [0.3, 0.4) is 0 Å².